The van der Waals surface area contributed by atoms with Gasteiger partial charge in [0.1, 0.15) is 0 Å². The molecule has 10 aromatic carbocycles. The average Bonchev–Trinajstić information content (AvgIpc) is 3.62. The van der Waals surface area contributed by atoms with Crippen LogP contribution in [-0.2, 0) is 0 Å². The molecule has 0 unspecified atom stereocenters. The fraction of sp³-hybridized carbons (Fsp3) is 0. The molecule has 0 aliphatic heterocycles. The van der Waals surface area contributed by atoms with E-state index in [0.29, 0.717) is 0 Å². The smallest absolute Gasteiger partial charge is 0.0546 e. The van der Waals surface area contributed by atoms with Crippen LogP contribution in [0.15, 0.2) is 200 Å². The molecule has 1 nitrogen and oxygen atoms in total. The van der Waals surface area contributed by atoms with Gasteiger partial charge >= 0.3 is 0 Å². The first kappa shape index (κ1) is 30.8. The summed E-state index contributed by atoms with van der Waals surface area (Å²) in [6.45, 7) is 0. The van der Waals surface area contributed by atoms with Crippen molar-refractivity contribution in [1.82, 2.24) is 0 Å². The largest absolute Gasteiger partial charge is 0.309 e. The van der Waals surface area contributed by atoms with Gasteiger partial charge in [0.15, 0.2) is 0 Å². The lowest BCUT2D eigenvalue weighted by Gasteiger charge is -2.30. The second-order valence-corrected chi connectivity index (χ2v) is 15.2. The van der Waals surface area contributed by atoms with E-state index in [2.05, 4.69) is 205 Å². The predicted molar refractivity (Wildman–Crippen MR) is 235 cm³/mol. The van der Waals surface area contributed by atoms with Crippen LogP contribution in [0.5, 0.6) is 0 Å². The first-order valence-corrected chi connectivity index (χ1v) is 19.3. The van der Waals surface area contributed by atoms with Crippen molar-refractivity contribution in [2.24, 2.45) is 0 Å². The van der Waals surface area contributed by atoms with E-state index >= 15 is 0 Å². The van der Waals surface area contributed by atoms with Crippen LogP contribution in [0.25, 0.3) is 85.5 Å². The number of benzene rings is 10. The molecule has 11 aromatic rings. The number of anilines is 3. The molecule has 0 aliphatic carbocycles. The molecule has 0 saturated heterocycles. The van der Waals surface area contributed by atoms with Gasteiger partial charge in [-0.25, -0.2) is 0 Å². The van der Waals surface area contributed by atoms with E-state index in [1.54, 1.807) is 0 Å². The fourth-order valence-electron chi connectivity index (χ4n) is 8.31. The Bertz CT molecular complexity index is 3220. The maximum atomic E-state index is 2.50. The highest BCUT2D eigenvalue weighted by Gasteiger charge is 2.22. The Morgan fingerprint density at radius 3 is 1.74 bits per heavy atom. The number of hydrogen-bond donors (Lipinski definition) is 0. The molecule has 252 valence electrons. The maximum Gasteiger partial charge on any atom is 0.0546 e. The summed E-state index contributed by atoms with van der Waals surface area (Å²) in [6, 6.07) is 73.7. The Hall–Kier alpha value is -6.74. The van der Waals surface area contributed by atoms with Crippen molar-refractivity contribution in [1.29, 1.82) is 0 Å². The van der Waals surface area contributed by atoms with Gasteiger partial charge in [-0.15, -0.1) is 11.3 Å². The summed E-state index contributed by atoms with van der Waals surface area (Å²) in [5.41, 5.74) is 8.28. The van der Waals surface area contributed by atoms with Crippen molar-refractivity contribution in [3.63, 3.8) is 0 Å². The van der Waals surface area contributed by atoms with Gasteiger partial charge in [0.2, 0.25) is 0 Å². The molecule has 0 fully saturated rings. The van der Waals surface area contributed by atoms with E-state index in [-0.39, 0.29) is 0 Å². The van der Waals surface area contributed by atoms with Crippen molar-refractivity contribution < 1.29 is 0 Å². The van der Waals surface area contributed by atoms with Crippen molar-refractivity contribution in [3.8, 4) is 22.3 Å². The number of hydrogen-bond acceptors (Lipinski definition) is 2. The van der Waals surface area contributed by atoms with Crippen molar-refractivity contribution >= 4 is 91.7 Å². The molecule has 0 bridgehead atoms. The number of fused-ring (bicyclic) bond motifs is 8. The SMILES string of the molecule is c1ccc(-c2ccc3cc(-c4cc5ccccc5cc4N(c4ccc5sc6c7ccccc7ccc6c5c4)c4cccc5ccccc45)ccc3c2)cc1. The fourth-order valence-corrected chi connectivity index (χ4v) is 9.53. The van der Waals surface area contributed by atoms with Gasteiger partial charge in [0, 0.05) is 36.8 Å². The Balaban J connectivity index is 1.17. The third-order valence-electron chi connectivity index (χ3n) is 11.0. The molecular formula is C52H33NS. The van der Waals surface area contributed by atoms with Crippen LogP contribution in [-0.4, -0.2) is 0 Å². The minimum Gasteiger partial charge on any atom is -0.309 e. The average molecular weight is 704 g/mol. The van der Waals surface area contributed by atoms with Crippen LogP contribution in [0.4, 0.5) is 17.1 Å². The van der Waals surface area contributed by atoms with Crippen molar-refractivity contribution in [2.45, 2.75) is 0 Å². The normalized spacial score (nSPS) is 11.7. The first-order chi connectivity index (χ1) is 26.7. The summed E-state index contributed by atoms with van der Waals surface area (Å²) in [4.78, 5) is 2.50. The first-order valence-electron chi connectivity index (χ1n) is 18.5. The highest BCUT2D eigenvalue weighted by atomic mass is 32.1. The van der Waals surface area contributed by atoms with Crippen LogP contribution < -0.4 is 4.90 Å². The minimum atomic E-state index is 1.14. The zero-order valence-electron chi connectivity index (χ0n) is 29.4. The second kappa shape index (κ2) is 12.4. The summed E-state index contributed by atoms with van der Waals surface area (Å²) < 4.78 is 2.64. The molecule has 1 aromatic heterocycles. The van der Waals surface area contributed by atoms with Crippen molar-refractivity contribution in [2.75, 3.05) is 4.90 Å². The number of rotatable bonds is 5. The molecule has 0 saturated carbocycles. The van der Waals surface area contributed by atoms with E-state index in [1.165, 1.54) is 85.5 Å². The predicted octanol–water partition coefficient (Wildman–Crippen LogP) is 15.5. The highest BCUT2D eigenvalue weighted by molar-refractivity contribution is 7.26. The summed E-state index contributed by atoms with van der Waals surface area (Å²) in [5, 5.41) is 12.5. The van der Waals surface area contributed by atoms with Gasteiger partial charge in [-0.2, -0.15) is 0 Å². The van der Waals surface area contributed by atoms with Crippen LogP contribution >= 0.6 is 11.3 Å². The lowest BCUT2D eigenvalue weighted by Crippen LogP contribution is -2.12. The van der Waals surface area contributed by atoms with Gasteiger partial charge < -0.3 is 4.90 Å². The topological polar surface area (TPSA) is 3.24 Å². The summed E-state index contributed by atoms with van der Waals surface area (Å²) in [5.74, 6) is 0. The zero-order chi connectivity index (χ0) is 35.6. The highest BCUT2D eigenvalue weighted by Crippen LogP contribution is 2.48. The van der Waals surface area contributed by atoms with E-state index < -0.39 is 0 Å². The lowest BCUT2D eigenvalue weighted by atomic mass is 9.94. The quantitative estimate of drug-likeness (QED) is 0.172. The standard InChI is InChI=1S/C52H33NS/c1-2-11-34(12-3-1)39-21-22-41-30-42(24-23-40(41)29-39)47-31-37-15-4-5-16-38(37)32-50(47)53(49-20-10-17-35-13-6-8-18-44(35)49)43-26-28-51-48(33-43)46-27-25-36-14-7-9-19-45(36)52(46)54-51/h1-33H. The van der Waals surface area contributed by atoms with Gasteiger partial charge in [-0.3, -0.25) is 0 Å². The van der Waals surface area contributed by atoms with E-state index in [1.807, 2.05) is 11.3 Å². The Morgan fingerprint density at radius 1 is 0.315 bits per heavy atom. The van der Waals surface area contributed by atoms with Gasteiger partial charge in [-0.1, -0.05) is 152 Å². The zero-order valence-corrected chi connectivity index (χ0v) is 30.2. The number of thiophene rings is 1. The Morgan fingerprint density at radius 2 is 0.926 bits per heavy atom. The van der Waals surface area contributed by atoms with Crippen LogP contribution in [0.3, 0.4) is 0 Å². The molecule has 0 atom stereocenters. The lowest BCUT2D eigenvalue weighted by molar-refractivity contribution is 1.31. The molecule has 2 heteroatoms. The van der Waals surface area contributed by atoms with Crippen LogP contribution in [0.1, 0.15) is 0 Å². The molecule has 11 rings (SSSR count). The third-order valence-corrected chi connectivity index (χ3v) is 12.2. The maximum absolute atomic E-state index is 2.50. The van der Waals surface area contributed by atoms with Gasteiger partial charge in [0.05, 0.1) is 11.4 Å². The van der Waals surface area contributed by atoms with Crippen molar-refractivity contribution in [3.05, 3.63) is 200 Å². The Kier molecular flexibility index (Phi) is 7.11. The molecular weight excluding hydrogens is 671 g/mol. The minimum absolute atomic E-state index is 1.14. The van der Waals surface area contributed by atoms with E-state index in [9.17, 15) is 0 Å². The van der Waals surface area contributed by atoms with E-state index in [0.717, 1.165) is 17.1 Å². The van der Waals surface area contributed by atoms with Crippen LogP contribution in [0, 0.1) is 0 Å². The van der Waals surface area contributed by atoms with E-state index in [4.69, 9.17) is 0 Å². The molecule has 0 amide bonds. The van der Waals surface area contributed by atoms with Crippen LogP contribution in [0.2, 0.25) is 0 Å². The third kappa shape index (κ3) is 5.07. The summed E-state index contributed by atoms with van der Waals surface area (Å²) in [7, 11) is 0. The Labute approximate surface area is 317 Å². The molecule has 0 spiro atoms. The summed E-state index contributed by atoms with van der Waals surface area (Å²) >= 11 is 1.89. The second-order valence-electron chi connectivity index (χ2n) is 14.1. The molecule has 0 N–H and O–H groups in total. The summed E-state index contributed by atoms with van der Waals surface area (Å²) in [6.07, 6.45) is 0. The molecule has 1 heterocycles. The monoisotopic (exact) mass is 703 g/mol. The van der Waals surface area contributed by atoms with Gasteiger partial charge in [-0.05, 0) is 103 Å². The molecule has 54 heavy (non-hydrogen) atoms. The van der Waals surface area contributed by atoms with Gasteiger partial charge in [0.25, 0.3) is 0 Å². The molecule has 0 radical (unpaired) electrons. The number of nitrogens with zero attached hydrogens (tertiary/aromatic N) is 1. The molecule has 0 aliphatic rings.